The minimum absolute atomic E-state index is 0.373. The monoisotopic (exact) mass is 166 g/mol. The van der Waals surface area contributed by atoms with E-state index < -0.39 is 5.32 Å². The molecule has 0 saturated heterocycles. The molecule has 0 spiro atoms. The van der Waals surface area contributed by atoms with Crippen LogP contribution >= 0.6 is 39.0 Å². The van der Waals surface area contributed by atoms with Crippen LogP contribution in [0.5, 0.6) is 0 Å². The van der Waals surface area contributed by atoms with Gasteiger partial charge in [0.15, 0.2) is 0 Å². The van der Waals surface area contributed by atoms with Gasteiger partial charge in [-0.05, 0) is 0 Å². The molecule has 0 aromatic rings. The van der Waals surface area contributed by atoms with Crippen molar-refractivity contribution >= 4 is 45.1 Å². The van der Waals surface area contributed by atoms with E-state index in [1.807, 2.05) is 0 Å². The van der Waals surface area contributed by atoms with Crippen molar-refractivity contribution in [1.82, 2.24) is 0 Å². The van der Waals surface area contributed by atoms with Gasteiger partial charge in [-0.3, -0.25) is 0 Å². The van der Waals surface area contributed by atoms with Crippen molar-refractivity contribution in [2.45, 2.75) is 0 Å². The van der Waals surface area contributed by atoms with Crippen LogP contribution in [-0.2, 0) is 4.79 Å². The summed E-state index contributed by atoms with van der Waals surface area (Å²) in [5.74, 6) is 0. The molecule has 1 nitrogen and oxygen atoms in total. The van der Waals surface area contributed by atoms with E-state index in [0.29, 0.717) is 6.03 Å². The fourth-order valence-electron chi connectivity index (χ4n) is 0. The van der Waals surface area contributed by atoms with Crippen LogP contribution in [0, 0.1) is 0 Å². The molecule has 0 atom stereocenters. The second kappa shape index (κ2) is 2.32. The van der Waals surface area contributed by atoms with E-state index in [1.54, 1.807) is 0 Å². The summed E-state index contributed by atoms with van der Waals surface area (Å²) in [6, 6.07) is 0.373. The van der Waals surface area contributed by atoms with Crippen molar-refractivity contribution in [1.29, 1.82) is 0 Å². The zero-order valence-corrected chi connectivity index (χ0v) is 5.89. The van der Waals surface area contributed by atoms with Gasteiger partial charge in [0.1, 0.15) is 0 Å². The first-order chi connectivity index (χ1) is 2.56. The van der Waals surface area contributed by atoms with Crippen LogP contribution in [0.1, 0.15) is 0 Å². The molecule has 0 radical (unpaired) electrons. The molecule has 0 amide bonds. The van der Waals surface area contributed by atoms with Crippen molar-refractivity contribution in [3.63, 3.8) is 0 Å². The topological polar surface area (TPSA) is 17.1 Å². The first-order valence-electron chi connectivity index (χ1n) is 1.09. The van der Waals surface area contributed by atoms with Crippen molar-refractivity contribution in [2.24, 2.45) is 0 Å². The van der Waals surface area contributed by atoms with Crippen molar-refractivity contribution in [3.05, 3.63) is 0 Å². The third kappa shape index (κ3) is 4.97. The maximum absolute atomic E-state index is 9.49. The van der Waals surface area contributed by atoms with Gasteiger partial charge in [0.25, 0.3) is 0 Å². The van der Waals surface area contributed by atoms with E-state index in [0.717, 1.165) is 0 Å². The zero-order chi connectivity index (χ0) is 5.21. The molecule has 0 bridgehead atoms. The second-order valence-electron chi connectivity index (χ2n) is 0.659. The van der Waals surface area contributed by atoms with Crippen molar-refractivity contribution < 1.29 is 4.79 Å². The van der Waals surface area contributed by atoms with Gasteiger partial charge >= 0.3 is 49.9 Å². The summed E-state index contributed by atoms with van der Waals surface area (Å²) in [7, 11) is 0. The summed E-state index contributed by atoms with van der Waals surface area (Å²) in [4.78, 5) is 9.49. The van der Waals surface area contributed by atoms with Crippen molar-refractivity contribution in [2.75, 3.05) is 0 Å². The molecule has 0 aromatic carbocycles. The Kier molecular flexibility index (Phi) is 2.70. The van der Waals surface area contributed by atoms with Crippen LogP contribution in [0.2, 0.25) is 0 Å². The Hall–Kier alpha value is 0.970. The second-order valence-corrected chi connectivity index (χ2v) is 9.09. The molecule has 0 aromatic heterocycles. The molecule has 0 aliphatic rings. The molecule has 0 fully saturated rings. The molecule has 0 unspecified atom stereocenters. The number of carbonyl (C=O) groups excluding carboxylic acids is 1. The van der Waals surface area contributed by atoms with Crippen LogP contribution in [0.25, 0.3) is 0 Å². The molecule has 0 rings (SSSR count). The minimum atomic E-state index is -2.90. The maximum atomic E-state index is 9.49. The van der Waals surface area contributed by atoms with Gasteiger partial charge < -0.3 is 0 Å². The van der Waals surface area contributed by atoms with Crippen molar-refractivity contribution in [3.8, 4) is 0 Å². The zero-order valence-electron chi connectivity index (χ0n) is 2.62. The SMILES string of the molecule is O=C[PH](Cl)(Cl)Cl. The van der Waals surface area contributed by atoms with Gasteiger partial charge in [-0.1, -0.05) is 0 Å². The number of carbonyl (C=O) groups is 1. The predicted octanol–water partition coefficient (Wildman–Crippen LogP) is 2.39. The predicted molar refractivity (Wildman–Crippen MR) is 32.6 cm³/mol. The molecule has 38 valence electrons. The number of hydrogen-bond acceptors (Lipinski definition) is 1. The third-order valence-corrected chi connectivity index (χ3v) is 1.20. The standard InChI is InChI=1S/CH2Cl3OP/c2-6(3,4)1-5/h1,6H. The van der Waals surface area contributed by atoms with Crippen LogP contribution in [0.3, 0.4) is 0 Å². The molecule has 0 heterocycles. The molecule has 0 saturated carbocycles. The van der Waals surface area contributed by atoms with Crippen LogP contribution in [0.4, 0.5) is 0 Å². The Morgan fingerprint density at radius 3 is 1.50 bits per heavy atom. The molecule has 0 aliphatic carbocycles. The Bertz CT molecular complexity index is 56.3. The summed E-state index contributed by atoms with van der Waals surface area (Å²) in [5, 5.41) is -2.90. The number of rotatable bonds is 1. The molecular formula is CH2Cl3OP. The summed E-state index contributed by atoms with van der Waals surface area (Å²) in [5.41, 5.74) is 0. The van der Waals surface area contributed by atoms with Crippen LogP contribution in [-0.4, -0.2) is 6.03 Å². The van der Waals surface area contributed by atoms with Gasteiger partial charge in [0.2, 0.25) is 0 Å². The van der Waals surface area contributed by atoms with E-state index >= 15 is 0 Å². The Labute approximate surface area is 50.3 Å². The normalized spacial score (nSPS) is 13.8. The summed E-state index contributed by atoms with van der Waals surface area (Å²) in [6.45, 7) is 0. The fourth-order valence-corrected chi connectivity index (χ4v) is 0. The molecular weight excluding hydrogens is 165 g/mol. The Balaban J connectivity index is 3.45. The summed E-state index contributed by atoms with van der Waals surface area (Å²) < 4.78 is 0. The Morgan fingerprint density at radius 1 is 1.33 bits per heavy atom. The van der Waals surface area contributed by atoms with Crippen LogP contribution < -0.4 is 0 Å². The summed E-state index contributed by atoms with van der Waals surface area (Å²) in [6.07, 6.45) is 0. The average molecular weight is 167 g/mol. The first-order valence-corrected chi connectivity index (χ1v) is 6.20. The number of hydrogen-bond donors (Lipinski definition) is 0. The average Bonchev–Trinajstić information content (AvgIpc) is 1.35. The summed E-state index contributed by atoms with van der Waals surface area (Å²) >= 11 is 15.1. The van der Waals surface area contributed by atoms with E-state index in [9.17, 15) is 4.79 Å². The first kappa shape index (κ1) is 6.97. The van der Waals surface area contributed by atoms with E-state index in [4.69, 9.17) is 33.7 Å². The quantitative estimate of drug-likeness (QED) is 0.433. The molecule has 0 N–H and O–H groups in total. The third-order valence-electron chi connectivity index (χ3n) is 0.134. The molecule has 6 heavy (non-hydrogen) atoms. The van der Waals surface area contributed by atoms with Gasteiger partial charge in [-0.25, -0.2) is 0 Å². The van der Waals surface area contributed by atoms with E-state index in [1.165, 1.54) is 0 Å². The van der Waals surface area contributed by atoms with Gasteiger partial charge in [0, 0.05) is 0 Å². The molecule has 0 aliphatic heterocycles. The van der Waals surface area contributed by atoms with E-state index in [2.05, 4.69) is 0 Å². The Morgan fingerprint density at radius 2 is 1.50 bits per heavy atom. The van der Waals surface area contributed by atoms with Gasteiger partial charge in [0.05, 0.1) is 0 Å². The van der Waals surface area contributed by atoms with Crippen LogP contribution in [0.15, 0.2) is 0 Å². The van der Waals surface area contributed by atoms with Gasteiger partial charge in [-0.15, -0.1) is 0 Å². The fraction of sp³-hybridized carbons (Fsp3) is 0. The number of halogens is 3. The molecule has 5 heteroatoms. The van der Waals surface area contributed by atoms with Gasteiger partial charge in [-0.2, -0.15) is 0 Å². The van der Waals surface area contributed by atoms with E-state index in [-0.39, 0.29) is 0 Å².